The number of methoxy groups -OCH3 is 1. The summed E-state index contributed by atoms with van der Waals surface area (Å²) in [5, 5.41) is 3.36. The maximum atomic E-state index is 11.9. The molecule has 0 radical (unpaired) electrons. The molecule has 150 valence electrons. The zero-order chi connectivity index (χ0) is 19.9. The van der Waals surface area contributed by atoms with Crippen LogP contribution in [0.5, 0.6) is 5.75 Å². The highest BCUT2D eigenvalue weighted by molar-refractivity contribution is 5.68. The van der Waals surface area contributed by atoms with Gasteiger partial charge in [-0.15, -0.1) is 0 Å². The lowest BCUT2D eigenvalue weighted by Crippen LogP contribution is -2.49. The number of para-hydroxylation sites is 1. The highest BCUT2D eigenvalue weighted by Gasteiger charge is 2.23. The topological polar surface area (TPSA) is 79.8 Å². The second kappa shape index (κ2) is 9.25. The standard InChI is InChI=1S/C20H27N5O3/c1-4-28-20(26)25-11-9-24(10-12-25)19-13-18(22-15(2)23-19)21-14-16-7-5-6-8-17(16)27-3/h5-8,13H,4,9-12,14H2,1-3H3,(H,21,22,23). The summed E-state index contributed by atoms with van der Waals surface area (Å²) < 4.78 is 10.5. The molecule has 0 unspecified atom stereocenters. The van der Waals surface area contributed by atoms with Crippen LogP contribution in [0.4, 0.5) is 16.4 Å². The van der Waals surface area contributed by atoms with Crippen molar-refractivity contribution < 1.29 is 14.3 Å². The third kappa shape index (κ3) is 4.82. The van der Waals surface area contributed by atoms with E-state index in [9.17, 15) is 4.79 Å². The molecule has 1 N–H and O–H groups in total. The van der Waals surface area contributed by atoms with E-state index in [0.717, 1.165) is 22.9 Å². The zero-order valence-corrected chi connectivity index (χ0v) is 16.6. The van der Waals surface area contributed by atoms with Crippen molar-refractivity contribution in [3.8, 4) is 5.75 Å². The first-order valence-corrected chi connectivity index (χ1v) is 9.48. The summed E-state index contributed by atoms with van der Waals surface area (Å²) in [6.45, 7) is 7.35. The predicted octanol–water partition coefficient (Wildman–Crippen LogP) is 2.68. The lowest BCUT2D eigenvalue weighted by atomic mass is 10.2. The van der Waals surface area contributed by atoms with Crippen molar-refractivity contribution in [1.29, 1.82) is 0 Å². The molecule has 1 aromatic heterocycles. The Morgan fingerprint density at radius 3 is 2.64 bits per heavy atom. The number of benzene rings is 1. The number of aromatic nitrogens is 2. The molecule has 2 aromatic rings. The van der Waals surface area contributed by atoms with Crippen LogP contribution in [0.2, 0.25) is 0 Å². The number of nitrogens with one attached hydrogen (secondary N) is 1. The number of carbonyl (C=O) groups is 1. The number of anilines is 2. The van der Waals surface area contributed by atoms with E-state index >= 15 is 0 Å². The van der Waals surface area contributed by atoms with Crippen molar-refractivity contribution in [3.63, 3.8) is 0 Å². The molecule has 2 heterocycles. The number of hydrogen-bond acceptors (Lipinski definition) is 7. The Labute approximate surface area is 165 Å². The number of aryl methyl sites for hydroxylation is 1. The number of carbonyl (C=O) groups excluding carboxylic acids is 1. The Kier molecular flexibility index (Phi) is 6.52. The average Bonchev–Trinajstić information content (AvgIpc) is 2.72. The highest BCUT2D eigenvalue weighted by Crippen LogP contribution is 2.21. The van der Waals surface area contributed by atoms with E-state index in [-0.39, 0.29) is 6.09 Å². The summed E-state index contributed by atoms with van der Waals surface area (Å²) >= 11 is 0. The van der Waals surface area contributed by atoms with Crippen LogP contribution in [-0.2, 0) is 11.3 Å². The zero-order valence-electron chi connectivity index (χ0n) is 16.6. The summed E-state index contributed by atoms with van der Waals surface area (Å²) in [6.07, 6.45) is -0.250. The first kappa shape index (κ1) is 19.7. The molecule has 8 nitrogen and oxygen atoms in total. The molecule has 28 heavy (non-hydrogen) atoms. The molecule has 1 fully saturated rings. The molecule has 1 aliphatic heterocycles. The third-order valence-electron chi connectivity index (χ3n) is 4.61. The van der Waals surface area contributed by atoms with Crippen molar-refractivity contribution in [2.45, 2.75) is 20.4 Å². The Morgan fingerprint density at radius 1 is 1.18 bits per heavy atom. The molecule has 1 saturated heterocycles. The molecule has 1 aliphatic rings. The molecule has 0 spiro atoms. The fourth-order valence-electron chi connectivity index (χ4n) is 3.17. The second-order valence-electron chi connectivity index (χ2n) is 6.50. The van der Waals surface area contributed by atoms with E-state index in [1.54, 1.807) is 12.0 Å². The highest BCUT2D eigenvalue weighted by atomic mass is 16.6. The van der Waals surface area contributed by atoms with Gasteiger partial charge in [0.15, 0.2) is 0 Å². The number of amides is 1. The normalized spacial score (nSPS) is 14.0. The van der Waals surface area contributed by atoms with Gasteiger partial charge in [-0.2, -0.15) is 0 Å². The van der Waals surface area contributed by atoms with Crippen LogP contribution in [0.15, 0.2) is 30.3 Å². The monoisotopic (exact) mass is 385 g/mol. The Bertz CT molecular complexity index is 806. The van der Waals surface area contributed by atoms with Crippen molar-refractivity contribution in [2.75, 3.05) is 50.1 Å². The molecular formula is C20H27N5O3. The summed E-state index contributed by atoms with van der Waals surface area (Å²) in [5.74, 6) is 3.17. The lowest BCUT2D eigenvalue weighted by molar-refractivity contribution is 0.105. The smallest absolute Gasteiger partial charge is 0.409 e. The van der Waals surface area contributed by atoms with E-state index in [0.29, 0.717) is 45.2 Å². The van der Waals surface area contributed by atoms with Crippen LogP contribution in [0.1, 0.15) is 18.3 Å². The van der Waals surface area contributed by atoms with Gasteiger partial charge < -0.3 is 24.6 Å². The lowest BCUT2D eigenvalue weighted by Gasteiger charge is -2.34. The Hall–Kier alpha value is -3.03. The quantitative estimate of drug-likeness (QED) is 0.819. The maximum absolute atomic E-state index is 11.9. The van der Waals surface area contributed by atoms with E-state index < -0.39 is 0 Å². The molecule has 0 bridgehead atoms. The molecule has 0 aliphatic carbocycles. The van der Waals surface area contributed by atoms with E-state index in [1.807, 2.05) is 44.2 Å². The number of piperazine rings is 1. The van der Waals surface area contributed by atoms with Gasteiger partial charge in [0.25, 0.3) is 0 Å². The van der Waals surface area contributed by atoms with Gasteiger partial charge in [0.05, 0.1) is 13.7 Å². The van der Waals surface area contributed by atoms with Crippen molar-refractivity contribution in [3.05, 3.63) is 41.7 Å². The summed E-state index contributed by atoms with van der Waals surface area (Å²) in [6, 6.07) is 9.85. The average molecular weight is 385 g/mol. The summed E-state index contributed by atoms with van der Waals surface area (Å²) in [7, 11) is 1.67. The van der Waals surface area contributed by atoms with Gasteiger partial charge in [0.2, 0.25) is 0 Å². The van der Waals surface area contributed by atoms with Gasteiger partial charge >= 0.3 is 6.09 Å². The number of nitrogens with zero attached hydrogens (tertiary/aromatic N) is 4. The van der Waals surface area contributed by atoms with E-state index in [1.165, 1.54) is 0 Å². The van der Waals surface area contributed by atoms with Gasteiger partial charge in [-0.25, -0.2) is 14.8 Å². The van der Waals surface area contributed by atoms with Crippen LogP contribution in [-0.4, -0.2) is 60.9 Å². The third-order valence-corrected chi connectivity index (χ3v) is 4.61. The SMILES string of the molecule is CCOC(=O)N1CCN(c2cc(NCc3ccccc3OC)nc(C)n2)CC1. The minimum Gasteiger partial charge on any atom is -0.496 e. The van der Waals surface area contributed by atoms with Gasteiger partial charge in [-0.1, -0.05) is 18.2 Å². The molecule has 0 atom stereocenters. The van der Waals surface area contributed by atoms with Crippen LogP contribution < -0.4 is 15.0 Å². The van der Waals surface area contributed by atoms with Gasteiger partial charge in [0, 0.05) is 44.4 Å². The predicted molar refractivity (Wildman–Crippen MR) is 108 cm³/mol. The Balaban J connectivity index is 1.64. The summed E-state index contributed by atoms with van der Waals surface area (Å²) in [4.78, 5) is 24.8. The maximum Gasteiger partial charge on any atom is 0.409 e. The molecule has 0 saturated carbocycles. The van der Waals surface area contributed by atoms with Crippen LogP contribution in [0.25, 0.3) is 0 Å². The fourth-order valence-corrected chi connectivity index (χ4v) is 3.17. The van der Waals surface area contributed by atoms with Crippen LogP contribution >= 0.6 is 0 Å². The fraction of sp³-hybridized carbons (Fsp3) is 0.450. The first-order valence-electron chi connectivity index (χ1n) is 9.48. The minimum absolute atomic E-state index is 0.250. The number of rotatable bonds is 6. The molecule has 1 amide bonds. The molecular weight excluding hydrogens is 358 g/mol. The summed E-state index contributed by atoms with van der Waals surface area (Å²) in [5.41, 5.74) is 1.06. The van der Waals surface area contributed by atoms with Crippen molar-refractivity contribution in [1.82, 2.24) is 14.9 Å². The Morgan fingerprint density at radius 2 is 1.93 bits per heavy atom. The number of ether oxygens (including phenoxy) is 2. The van der Waals surface area contributed by atoms with Crippen molar-refractivity contribution in [2.24, 2.45) is 0 Å². The van der Waals surface area contributed by atoms with Gasteiger partial charge in [-0.05, 0) is 19.9 Å². The molecule has 1 aromatic carbocycles. The molecule has 8 heteroatoms. The minimum atomic E-state index is -0.250. The largest absolute Gasteiger partial charge is 0.496 e. The molecule has 3 rings (SSSR count). The van der Waals surface area contributed by atoms with Crippen LogP contribution in [0, 0.1) is 6.92 Å². The van der Waals surface area contributed by atoms with Crippen molar-refractivity contribution >= 4 is 17.7 Å². The van der Waals surface area contributed by atoms with Gasteiger partial charge in [0.1, 0.15) is 23.2 Å². The number of hydrogen-bond donors (Lipinski definition) is 1. The van der Waals surface area contributed by atoms with E-state index in [4.69, 9.17) is 9.47 Å². The van der Waals surface area contributed by atoms with E-state index in [2.05, 4.69) is 20.2 Å². The second-order valence-corrected chi connectivity index (χ2v) is 6.50. The van der Waals surface area contributed by atoms with Crippen LogP contribution in [0.3, 0.4) is 0 Å². The first-order chi connectivity index (χ1) is 13.6. The van der Waals surface area contributed by atoms with Gasteiger partial charge in [-0.3, -0.25) is 0 Å².